The number of ether oxygens (including phenoxy) is 1. The molecule has 0 aromatic rings. The van der Waals surface area contributed by atoms with Crippen LogP contribution in [0, 0.1) is 0 Å². The van der Waals surface area contributed by atoms with Crippen molar-refractivity contribution < 1.29 is 35.1 Å². The van der Waals surface area contributed by atoms with Gasteiger partial charge in [0.1, 0.15) is 18.3 Å². The number of carbonyl (C=O) groups is 1. The van der Waals surface area contributed by atoms with Crippen molar-refractivity contribution in [2.45, 2.75) is 95.7 Å². The van der Waals surface area contributed by atoms with Crippen LogP contribution in [0.15, 0.2) is 0 Å². The van der Waals surface area contributed by atoms with Gasteiger partial charge in [-0.1, -0.05) is 58.3 Å². The molecule has 7 heteroatoms. The van der Waals surface area contributed by atoms with Gasteiger partial charge in [-0.3, -0.25) is 4.79 Å². The highest BCUT2D eigenvalue weighted by Crippen LogP contribution is 2.12. The quantitative estimate of drug-likeness (QED) is 0.168. The van der Waals surface area contributed by atoms with Crippen molar-refractivity contribution in [2.75, 3.05) is 6.61 Å². The van der Waals surface area contributed by atoms with Crippen LogP contribution in [-0.4, -0.2) is 62.7 Å². The van der Waals surface area contributed by atoms with Crippen molar-refractivity contribution >= 4 is 5.97 Å². The number of unbranched alkanes of at least 4 members (excludes halogenated alkanes) is 8. The molecule has 0 fully saturated rings. The predicted molar refractivity (Wildman–Crippen MR) is 89.0 cm³/mol. The molecule has 0 amide bonds. The predicted octanol–water partition coefficient (Wildman–Crippen LogP) is 0.844. The van der Waals surface area contributed by atoms with Crippen LogP contribution in [0.1, 0.15) is 71.1 Å². The van der Waals surface area contributed by atoms with Crippen LogP contribution in [0.3, 0.4) is 0 Å². The summed E-state index contributed by atoms with van der Waals surface area (Å²) in [5.41, 5.74) is 0. The van der Waals surface area contributed by atoms with Crippen molar-refractivity contribution in [1.82, 2.24) is 0 Å². The Labute approximate surface area is 144 Å². The van der Waals surface area contributed by atoms with Gasteiger partial charge in [0.2, 0.25) is 6.29 Å². The average Bonchev–Trinajstić information content (AvgIpc) is 2.58. The van der Waals surface area contributed by atoms with E-state index in [4.69, 9.17) is 10.2 Å². The lowest BCUT2D eigenvalue weighted by Crippen LogP contribution is -2.47. The molecule has 1 unspecified atom stereocenters. The number of esters is 1. The summed E-state index contributed by atoms with van der Waals surface area (Å²) in [5, 5.41) is 46.2. The van der Waals surface area contributed by atoms with E-state index in [1.807, 2.05) is 0 Å². The molecular weight excluding hydrogens is 316 g/mol. The second kappa shape index (κ2) is 14.6. The Morgan fingerprint density at radius 1 is 0.833 bits per heavy atom. The van der Waals surface area contributed by atoms with Gasteiger partial charge in [-0.2, -0.15) is 0 Å². The average molecular weight is 350 g/mol. The van der Waals surface area contributed by atoms with E-state index >= 15 is 0 Å². The fraction of sp³-hybridized carbons (Fsp3) is 0.941. The smallest absolute Gasteiger partial charge is 0.308 e. The summed E-state index contributed by atoms with van der Waals surface area (Å²) in [5.74, 6) is -0.671. The van der Waals surface area contributed by atoms with E-state index in [-0.39, 0.29) is 6.42 Å². The summed E-state index contributed by atoms with van der Waals surface area (Å²) in [4.78, 5) is 11.5. The standard InChI is InChI=1S/C17H34O7/c1-2-3-4-5-6-7-8-9-10-11-14(20)24-17(23)16(22)15(21)13(19)12-18/h13,15-19,21-23H,2-12H2,1H3/t13-,15-,16+,17?/m1/s1. The monoisotopic (exact) mass is 350 g/mol. The first-order valence-corrected chi connectivity index (χ1v) is 8.96. The second-order valence-corrected chi connectivity index (χ2v) is 6.19. The van der Waals surface area contributed by atoms with E-state index in [9.17, 15) is 20.1 Å². The summed E-state index contributed by atoms with van der Waals surface area (Å²) >= 11 is 0. The highest BCUT2D eigenvalue weighted by atomic mass is 16.6. The first-order valence-electron chi connectivity index (χ1n) is 8.96. The summed E-state index contributed by atoms with van der Waals surface area (Å²) in [6, 6.07) is 0. The minimum Gasteiger partial charge on any atom is -0.433 e. The van der Waals surface area contributed by atoms with Crippen molar-refractivity contribution in [3.8, 4) is 0 Å². The number of rotatable bonds is 15. The maximum absolute atomic E-state index is 11.5. The normalized spacial score (nSPS) is 16.4. The Hall–Kier alpha value is -0.730. The molecule has 0 saturated heterocycles. The summed E-state index contributed by atoms with van der Waals surface area (Å²) < 4.78 is 4.61. The van der Waals surface area contributed by atoms with Crippen molar-refractivity contribution in [2.24, 2.45) is 0 Å². The lowest BCUT2D eigenvalue weighted by Gasteiger charge is -2.25. The van der Waals surface area contributed by atoms with Gasteiger partial charge in [-0.15, -0.1) is 0 Å². The number of hydrogen-bond donors (Lipinski definition) is 5. The molecule has 7 nitrogen and oxygen atoms in total. The molecule has 144 valence electrons. The highest BCUT2D eigenvalue weighted by molar-refractivity contribution is 5.69. The number of aliphatic hydroxyl groups excluding tert-OH is 5. The van der Waals surface area contributed by atoms with E-state index in [1.54, 1.807) is 0 Å². The molecule has 0 heterocycles. The van der Waals surface area contributed by atoms with Crippen LogP contribution in [0.25, 0.3) is 0 Å². The SMILES string of the molecule is CCCCCCCCCCCC(=O)OC(O)[C@@H](O)[C@H](O)[C@H](O)CO. The lowest BCUT2D eigenvalue weighted by atomic mass is 10.1. The maximum Gasteiger partial charge on any atom is 0.308 e. The fourth-order valence-corrected chi connectivity index (χ4v) is 2.35. The number of aliphatic hydroxyl groups is 5. The Bertz CT molecular complexity index is 311. The fourth-order valence-electron chi connectivity index (χ4n) is 2.35. The molecule has 0 aliphatic carbocycles. The third-order valence-electron chi connectivity index (χ3n) is 3.96. The van der Waals surface area contributed by atoms with Crippen LogP contribution in [0.5, 0.6) is 0 Å². The molecular formula is C17H34O7. The highest BCUT2D eigenvalue weighted by Gasteiger charge is 2.32. The van der Waals surface area contributed by atoms with Gasteiger partial charge >= 0.3 is 5.97 Å². The third-order valence-corrected chi connectivity index (χ3v) is 3.96. The zero-order valence-electron chi connectivity index (χ0n) is 14.6. The molecule has 24 heavy (non-hydrogen) atoms. The van der Waals surface area contributed by atoms with Gasteiger partial charge in [0.05, 0.1) is 6.61 Å². The van der Waals surface area contributed by atoms with Crippen molar-refractivity contribution in [1.29, 1.82) is 0 Å². The van der Waals surface area contributed by atoms with Gasteiger partial charge < -0.3 is 30.3 Å². The summed E-state index contributed by atoms with van der Waals surface area (Å²) in [6.07, 6.45) is 2.87. The Balaban J connectivity index is 3.71. The summed E-state index contributed by atoms with van der Waals surface area (Å²) in [6.45, 7) is 1.40. The molecule has 4 atom stereocenters. The molecule has 0 aliphatic rings. The van der Waals surface area contributed by atoms with E-state index in [2.05, 4.69) is 11.7 Å². The molecule has 5 N–H and O–H groups in total. The molecule has 0 rings (SSSR count). The lowest BCUT2D eigenvalue weighted by molar-refractivity contribution is -0.209. The zero-order chi connectivity index (χ0) is 18.4. The van der Waals surface area contributed by atoms with E-state index in [0.717, 1.165) is 19.3 Å². The molecule has 0 radical (unpaired) electrons. The first kappa shape index (κ1) is 23.3. The van der Waals surface area contributed by atoms with E-state index in [1.165, 1.54) is 32.1 Å². The van der Waals surface area contributed by atoms with Crippen molar-refractivity contribution in [3.05, 3.63) is 0 Å². The van der Waals surface area contributed by atoms with Crippen LogP contribution >= 0.6 is 0 Å². The zero-order valence-corrected chi connectivity index (χ0v) is 14.6. The second-order valence-electron chi connectivity index (χ2n) is 6.19. The summed E-state index contributed by atoms with van der Waals surface area (Å²) in [7, 11) is 0. The topological polar surface area (TPSA) is 127 Å². The van der Waals surface area contributed by atoms with Gasteiger partial charge in [0, 0.05) is 6.42 Å². The van der Waals surface area contributed by atoms with Crippen molar-refractivity contribution in [3.63, 3.8) is 0 Å². The van der Waals surface area contributed by atoms with Crippen LogP contribution < -0.4 is 0 Å². The molecule has 0 aromatic heterocycles. The van der Waals surface area contributed by atoms with Gasteiger partial charge in [0.25, 0.3) is 0 Å². The van der Waals surface area contributed by atoms with Crippen LogP contribution in [0.2, 0.25) is 0 Å². The molecule has 0 aromatic carbocycles. The third kappa shape index (κ3) is 10.9. The molecule has 0 saturated carbocycles. The van der Waals surface area contributed by atoms with E-state index in [0.29, 0.717) is 6.42 Å². The van der Waals surface area contributed by atoms with E-state index < -0.39 is 37.2 Å². The number of hydrogen-bond acceptors (Lipinski definition) is 7. The Kier molecular flexibility index (Phi) is 14.2. The van der Waals surface area contributed by atoms with Gasteiger partial charge in [-0.25, -0.2) is 0 Å². The minimum absolute atomic E-state index is 0.123. The minimum atomic E-state index is -1.94. The van der Waals surface area contributed by atoms with Crippen LogP contribution in [-0.2, 0) is 9.53 Å². The van der Waals surface area contributed by atoms with Gasteiger partial charge in [-0.05, 0) is 6.42 Å². The first-order chi connectivity index (χ1) is 11.4. The van der Waals surface area contributed by atoms with Gasteiger partial charge in [0.15, 0.2) is 0 Å². The Morgan fingerprint density at radius 2 is 1.33 bits per heavy atom. The largest absolute Gasteiger partial charge is 0.433 e. The molecule has 0 aliphatic heterocycles. The molecule has 0 bridgehead atoms. The maximum atomic E-state index is 11.5. The number of carbonyl (C=O) groups excluding carboxylic acids is 1. The Morgan fingerprint density at radius 3 is 1.83 bits per heavy atom. The van der Waals surface area contributed by atoms with Crippen LogP contribution in [0.4, 0.5) is 0 Å². The molecule has 0 spiro atoms.